The van der Waals surface area contributed by atoms with E-state index in [1.165, 1.54) is 11.1 Å². The van der Waals surface area contributed by atoms with Crippen molar-refractivity contribution < 1.29 is 20.5 Å². The zero-order valence-electron chi connectivity index (χ0n) is 14.1. The fourth-order valence-corrected chi connectivity index (χ4v) is 2.05. The summed E-state index contributed by atoms with van der Waals surface area (Å²) in [6.07, 6.45) is 0. The summed E-state index contributed by atoms with van der Waals surface area (Å²) in [6.45, 7) is 13.8. The molecule has 0 fully saturated rings. The van der Waals surface area contributed by atoms with Crippen LogP contribution in [0.25, 0.3) is 0 Å². The molecule has 0 aliphatic heterocycles. The van der Waals surface area contributed by atoms with Crippen LogP contribution in [0.4, 0.5) is 0 Å². The van der Waals surface area contributed by atoms with E-state index in [1.807, 2.05) is 0 Å². The highest BCUT2D eigenvalue weighted by Gasteiger charge is 2.14. The summed E-state index contributed by atoms with van der Waals surface area (Å²) in [5.41, 5.74) is 6.51. The van der Waals surface area contributed by atoms with E-state index in [0.29, 0.717) is 13.2 Å². The van der Waals surface area contributed by atoms with Gasteiger partial charge in [0.2, 0.25) is 0 Å². The monoisotopic (exact) mass is 296 g/mol. The van der Waals surface area contributed by atoms with Gasteiger partial charge >= 0.3 is 0 Å². The van der Waals surface area contributed by atoms with Gasteiger partial charge in [0.25, 0.3) is 0 Å². The highest BCUT2D eigenvalue weighted by Crippen LogP contribution is 2.27. The molecule has 21 heavy (non-hydrogen) atoms. The number of benzene rings is 1. The molecule has 1 aromatic carbocycles. The Kier molecular flexibility index (Phi) is 7.72. The maximum absolute atomic E-state index is 5.79. The Hall–Kier alpha value is -1.10. The molecule has 0 amide bonds. The van der Waals surface area contributed by atoms with Crippen molar-refractivity contribution >= 4 is 0 Å². The van der Waals surface area contributed by atoms with E-state index in [9.17, 15) is 0 Å². The van der Waals surface area contributed by atoms with Crippen molar-refractivity contribution in [2.75, 3.05) is 39.5 Å². The molecular weight excluding hydrogens is 264 g/mol. The second kappa shape index (κ2) is 9.03. The van der Waals surface area contributed by atoms with Crippen molar-refractivity contribution in [2.45, 2.75) is 33.1 Å². The van der Waals surface area contributed by atoms with Gasteiger partial charge in [-0.3, -0.25) is 0 Å². The Morgan fingerprint density at radius 1 is 1.10 bits per heavy atom. The second-order valence-corrected chi connectivity index (χ2v) is 6.41. The molecule has 0 saturated heterocycles. The fourth-order valence-electron chi connectivity index (χ4n) is 2.05. The SMILES string of the molecule is Cc1cc(C(C)(C)C)ccc1OCCOCC[NH2+]CC[NH3+]. The summed E-state index contributed by atoms with van der Waals surface area (Å²) in [5.74, 6) is 0.954. The lowest BCUT2D eigenvalue weighted by molar-refractivity contribution is -0.671. The molecule has 0 atom stereocenters. The number of hydrogen-bond donors (Lipinski definition) is 2. The standard InChI is InChI=1S/C17H30N2O2/c1-14-13-15(17(2,3)4)5-6-16(14)21-12-11-20-10-9-19-8-7-18/h5-6,13,19H,7-12,18H2,1-4H3/p+2. The zero-order valence-corrected chi connectivity index (χ0v) is 14.1. The summed E-state index contributed by atoms with van der Waals surface area (Å²) in [7, 11) is 0. The minimum atomic E-state index is 0.177. The smallest absolute Gasteiger partial charge is 0.125 e. The first-order valence-corrected chi connectivity index (χ1v) is 7.87. The number of quaternary nitrogens is 2. The minimum Gasteiger partial charge on any atom is -0.491 e. The van der Waals surface area contributed by atoms with E-state index >= 15 is 0 Å². The third-order valence-electron chi connectivity index (χ3n) is 3.40. The van der Waals surface area contributed by atoms with Crippen molar-refractivity contribution in [1.29, 1.82) is 0 Å². The highest BCUT2D eigenvalue weighted by molar-refractivity contribution is 5.38. The van der Waals surface area contributed by atoms with Crippen molar-refractivity contribution in [3.8, 4) is 5.75 Å². The molecule has 4 nitrogen and oxygen atoms in total. The third kappa shape index (κ3) is 6.93. The zero-order chi connectivity index (χ0) is 15.7. The maximum Gasteiger partial charge on any atom is 0.125 e. The van der Waals surface area contributed by atoms with Crippen LogP contribution in [0, 0.1) is 6.92 Å². The molecule has 0 aromatic heterocycles. The normalized spacial score (nSPS) is 11.7. The van der Waals surface area contributed by atoms with E-state index in [0.717, 1.165) is 32.0 Å². The minimum absolute atomic E-state index is 0.177. The molecule has 0 aliphatic carbocycles. The molecular formula is C17H32N2O2+2. The number of rotatable bonds is 9. The molecule has 0 bridgehead atoms. The average molecular weight is 296 g/mol. The van der Waals surface area contributed by atoms with E-state index < -0.39 is 0 Å². The Labute approximate surface area is 129 Å². The van der Waals surface area contributed by atoms with E-state index in [2.05, 4.69) is 56.9 Å². The molecule has 0 aliphatic rings. The second-order valence-electron chi connectivity index (χ2n) is 6.41. The van der Waals surface area contributed by atoms with E-state index in [1.54, 1.807) is 0 Å². The Bertz CT molecular complexity index is 414. The predicted molar refractivity (Wildman–Crippen MR) is 85.6 cm³/mol. The maximum atomic E-state index is 5.79. The van der Waals surface area contributed by atoms with Crippen LogP contribution < -0.4 is 15.8 Å². The molecule has 120 valence electrons. The van der Waals surface area contributed by atoms with Crippen LogP contribution in [0.2, 0.25) is 0 Å². The Balaban J connectivity index is 2.27. The topological polar surface area (TPSA) is 62.7 Å². The van der Waals surface area contributed by atoms with E-state index in [-0.39, 0.29) is 5.41 Å². The predicted octanol–water partition coefficient (Wildman–Crippen LogP) is 0.493. The first kappa shape index (κ1) is 18.0. The van der Waals surface area contributed by atoms with Crippen molar-refractivity contribution in [1.82, 2.24) is 0 Å². The van der Waals surface area contributed by atoms with Gasteiger partial charge in [0.15, 0.2) is 0 Å². The van der Waals surface area contributed by atoms with Gasteiger partial charge in [-0.1, -0.05) is 32.9 Å². The lowest BCUT2D eigenvalue weighted by atomic mass is 9.86. The lowest BCUT2D eigenvalue weighted by Crippen LogP contribution is -2.88. The number of hydrogen-bond acceptors (Lipinski definition) is 2. The van der Waals surface area contributed by atoms with Crippen LogP contribution >= 0.6 is 0 Å². The van der Waals surface area contributed by atoms with Gasteiger partial charge in [0.05, 0.1) is 19.8 Å². The summed E-state index contributed by atoms with van der Waals surface area (Å²) in [6, 6.07) is 6.43. The Morgan fingerprint density at radius 2 is 1.86 bits per heavy atom. The summed E-state index contributed by atoms with van der Waals surface area (Å²) < 4.78 is 11.3. The number of ether oxygens (including phenoxy) is 2. The summed E-state index contributed by atoms with van der Waals surface area (Å²) in [5, 5.41) is 2.23. The van der Waals surface area contributed by atoms with Crippen molar-refractivity contribution in [2.24, 2.45) is 0 Å². The average Bonchev–Trinajstić information content (AvgIpc) is 2.42. The van der Waals surface area contributed by atoms with Crippen LogP contribution in [-0.2, 0) is 10.2 Å². The van der Waals surface area contributed by atoms with Crippen molar-refractivity contribution in [3.63, 3.8) is 0 Å². The third-order valence-corrected chi connectivity index (χ3v) is 3.40. The summed E-state index contributed by atoms with van der Waals surface area (Å²) >= 11 is 0. The first-order chi connectivity index (χ1) is 9.95. The highest BCUT2D eigenvalue weighted by atomic mass is 16.5. The van der Waals surface area contributed by atoms with Gasteiger partial charge in [-0.2, -0.15) is 0 Å². The van der Waals surface area contributed by atoms with E-state index in [4.69, 9.17) is 9.47 Å². The molecule has 1 aromatic rings. The van der Waals surface area contributed by atoms with Gasteiger partial charge in [0, 0.05) is 0 Å². The van der Waals surface area contributed by atoms with Gasteiger partial charge in [-0.25, -0.2) is 0 Å². The molecule has 0 saturated carbocycles. The quantitative estimate of drug-likeness (QED) is 0.652. The van der Waals surface area contributed by atoms with Crippen LogP contribution in [0.5, 0.6) is 5.75 Å². The fraction of sp³-hybridized carbons (Fsp3) is 0.647. The van der Waals surface area contributed by atoms with Gasteiger partial charge in [-0.15, -0.1) is 0 Å². The Morgan fingerprint density at radius 3 is 2.48 bits per heavy atom. The molecule has 5 N–H and O–H groups in total. The summed E-state index contributed by atoms with van der Waals surface area (Å²) in [4.78, 5) is 0. The van der Waals surface area contributed by atoms with Crippen LogP contribution in [0.15, 0.2) is 18.2 Å². The van der Waals surface area contributed by atoms with Gasteiger partial charge < -0.3 is 20.5 Å². The van der Waals surface area contributed by atoms with Crippen LogP contribution in [0.1, 0.15) is 31.9 Å². The largest absolute Gasteiger partial charge is 0.491 e. The first-order valence-electron chi connectivity index (χ1n) is 7.87. The van der Waals surface area contributed by atoms with Gasteiger partial charge in [-0.05, 0) is 29.5 Å². The molecule has 0 heterocycles. The number of nitrogens with two attached hydrogens (primary N) is 1. The molecule has 4 heteroatoms. The number of aryl methyl sites for hydroxylation is 1. The molecule has 0 unspecified atom stereocenters. The van der Waals surface area contributed by atoms with Crippen LogP contribution in [-0.4, -0.2) is 39.5 Å². The van der Waals surface area contributed by atoms with Crippen LogP contribution in [0.3, 0.4) is 0 Å². The molecule has 0 spiro atoms. The molecule has 0 radical (unpaired) electrons. The van der Waals surface area contributed by atoms with Crippen molar-refractivity contribution in [3.05, 3.63) is 29.3 Å². The van der Waals surface area contributed by atoms with Gasteiger partial charge in [0.1, 0.15) is 25.4 Å². The molecule has 1 rings (SSSR count). The lowest BCUT2D eigenvalue weighted by Gasteiger charge is -2.20.